The maximum atomic E-state index is 6.68. The van der Waals surface area contributed by atoms with E-state index >= 15 is 0 Å². The zero-order chi connectivity index (χ0) is 38.4. The van der Waals surface area contributed by atoms with Crippen LogP contribution in [0.2, 0.25) is 0 Å². The molecule has 0 N–H and O–H groups in total. The fraction of sp³-hybridized carbons (Fsp3) is 0. The maximum absolute atomic E-state index is 6.68. The zero-order valence-electron chi connectivity index (χ0n) is 31.7. The van der Waals surface area contributed by atoms with Crippen LogP contribution >= 0.6 is 0 Å². The number of benzene rings is 10. The molecule has 0 saturated heterocycles. The molecule has 11 rings (SSSR count). The third kappa shape index (κ3) is 5.82. The SMILES string of the molecule is c1ccc(-c2cccc(-c3ccc(N(c4cccc(-c5cccc6ccccc56)c4)c4ccccc4-c4cccc5oc6c7ccccc7ccc6c45)cc3)c2)cc1. The van der Waals surface area contributed by atoms with Crippen molar-refractivity contribution >= 4 is 60.5 Å². The van der Waals surface area contributed by atoms with Gasteiger partial charge in [0.15, 0.2) is 0 Å². The van der Waals surface area contributed by atoms with E-state index in [1.54, 1.807) is 0 Å². The third-order valence-electron chi connectivity index (χ3n) is 11.5. The van der Waals surface area contributed by atoms with E-state index in [0.717, 1.165) is 55.5 Å². The summed E-state index contributed by atoms with van der Waals surface area (Å²) in [6, 6.07) is 80.7. The molecule has 0 unspecified atom stereocenters. The van der Waals surface area contributed by atoms with Gasteiger partial charge in [0.1, 0.15) is 11.2 Å². The Labute approximate surface area is 337 Å². The van der Waals surface area contributed by atoms with Crippen LogP contribution in [0, 0.1) is 0 Å². The molecular weight excluding hydrogens is 703 g/mol. The van der Waals surface area contributed by atoms with Crippen molar-refractivity contribution in [3.63, 3.8) is 0 Å². The number of furan rings is 1. The molecule has 0 spiro atoms. The lowest BCUT2D eigenvalue weighted by Crippen LogP contribution is -2.11. The first-order valence-corrected chi connectivity index (χ1v) is 19.8. The molecule has 0 aliphatic rings. The van der Waals surface area contributed by atoms with Gasteiger partial charge in [-0.25, -0.2) is 0 Å². The second kappa shape index (κ2) is 14.1. The van der Waals surface area contributed by atoms with E-state index in [9.17, 15) is 0 Å². The van der Waals surface area contributed by atoms with Gasteiger partial charge in [-0.1, -0.05) is 176 Å². The fourth-order valence-electron chi connectivity index (χ4n) is 8.70. The van der Waals surface area contributed by atoms with Gasteiger partial charge in [-0.3, -0.25) is 0 Å². The first-order chi connectivity index (χ1) is 28.8. The summed E-state index contributed by atoms with van der Waals surface area (Å²) in [6.45, 7) is 0. The van der Waals surface area contributed by atoms with Crippen LogP contribution in [-0.4, -0.2) is 0 Å². The van der Waals surface area contributed by atoms with E-state index < -0.39 is 0 Å². The van der Waals surface area contributed by atoms with E-state index in [-0.39, 0.29) is 0 Å². The van der Waals surface area contributed by atoms with Gasteiger partial charge < -0.3 is 9.32 Å². The highest BCUT2D eigenvalue weighted by Crippen LogP contribution is 2.46. The normalized spacial score (nSPS) is 11.4. The summed E-state index contributed by atoms with van der Waals surface area (Å²) in [4.78, 5) is 2.41. The molecule has 2 nitrogen and oxygen atoms in total. The molecule has 0 saturated carbocycles. The standard InChI is InChI=1S/C56H37NO/c1-2-14-38(15-3-1)42-19-10-20-43(36-42)39-30-33-45(34-31-39)57(46-22-11-21-44(37-46)48-26-12-18-40-16-4-6-23-47(40)48)53-28-9-8-25-50(53)51-27-13-29-54-55(51)52-35-32-41-17-5-7-24-49(41)56(52)58-54/h1-37H. The lowest BCUT2D eigenvalue weighted by molar-refractivity contribution is 0.673. The molecule has 0 radical (unpaired) electrons. The van der Waals surface area contributed by atoms with Crippen LogP contribution in [-0.2, 0) is 0 Å². The van der Waals surface area contributed by atoms with Gasteiger partial charge in [0.25, 0.3) is 0 Å². The van der Waals surface area contributed by atoms with E-state index in [1.807, 2.05) is 0 Å². The number of hydrogen-bond donors (Lipinski definition) is 0. The predicted octanol–water partition coefficient (Wildman–Crippen LogP) is 16.0. The van der Waals surface area contributed by atoms with Crippen LogP contribution in [0.4, 0.5) is 17.1 Å². The molecule has 0 fully saturated rings. The van der Waals surface area contributed by atoms with Crippen molar-refractivity contribution < 1.29 is 4.42 Å². The van der Waals surface area contributed by atoms with Crippen LogP contribution in [0.1, 0.15) is 0 Å². The molecule has 58 heavy (non-hydrogen) atoms. The molecule has 11 aromatic rings. The average Bonchev–Trinajstić information content (AvgIpc) is 3.70. The molecule has 1 aromatic heterocycles. The molecule has 0 amide bonds. The van der Waals surface area contributed by atoms with Crippen molar-refractivity contribution in [1.82, 2.24) is 0 Å². The van der Waals surface area contributed by atoms with Crippen LogP contribution in [0.25, 0.3) is 88.0 Å². The molecule has 0 aliphatic carbocycles. The zero-order valence-corrected chi connectivity index (χ0v) is 31.7. The van der Waals surface area contributed by atoms with Crippen LogP contribution in [0.3, 0.4) is 0 Å². The quantitative estimate of drug-likeness (QED) is 0.162. The molecule has 0 aliphatic heterocycles. The monoisotopic (exact) mass is 739 g/mol. The summed E-state index contributed by atoms with van der Waals surface area (Å²) in [7, 11) is 0. The Morgan fingerprint density at radius 1 is 0.310 bits per heavy atom. The Bertz CT molecular complexity index is 3280. The Kier molecular flexibility index (Phi) is 8.19. The lowest BCUT2D eigenvalue weighted by atomic mass is 9.95. The minimum absolute atomic E-state index is 0.880. The first kappa shape index (κ1) is 33.6. The number of para-hydroxylation sites is 1. The minimum Gasteiger partial charge on any atom is -0.455 e. The molecule has 272 valence electrons. The molecular formula is C56H37NO. The minimum atomic E-state index is 0.880. The second-order valence-electron chi connectivity index (χ2n) is 14.9. The van der Waals surface area contributed by atoms with Crippen LogP contribution < -0.4 is 4.90 Å². The Morgan fingerprint density at radius 2 is 0.897 bits per heavy atom. The number of rotatable bonds is 7. The summed E-state index contributed by atoms with van der Waals surface area (Å²) in [5, 5.41) is 7.00. The summed E-state index contributed by atoms with van der Waals surface area (Å²) >= 11 is 0. The molecule has 1 heterocycles. The third-order valence-corrected chi connectivity index (χ3v) is 11.5. The first-order valence-electron chi connectivity index (χ1n) is 19.8. The van der Waals surface area contributed by atoms with Crippen molar-refractivity contribution in [2.45, 2.75) is 0 Å². The topological polar surface area (TPSA) is 16.4 Å². The molecule has 0 atom stereocenters. The van der Waals surface area contributed by atoms with E-state index in [0.29, 0.717) is 0 Å². The number of hydrogen-bond acceptors (Lipinski definition) is 2. The highest BCUT2D eigenvalue weighted by atomic mass is 16.3. The van der Waals surface area contributed by atoms with Crippen molar-refractivity contribution in [2.24, 2.45) is 0 Å². The van der Waals surface area contributed by atoms with Gasteiger partial charge in [0, 0.05) is 33.1 Å². The second-order valence-corrected chi connectivity index (χ2v) is 14.9. The van der Waals surface area contributed by atoms with Crippen LogP contribution in [0.15, 0.2) is 229 Å². The average molecular weight is 740 g/mol. The maximum Gasteiger partial charge on any atom is 0.143 e. The van der Waals surface area contributed by atoms with Gasteiger partial charge >= 0.3 is 0 Å². The van der Waals surface area contributed by atoms with Crippen molar-refractivity contribution in [3.05, 3.63) is 224 Å². The Hall–Kier alpha value is -7.68. The fourth-order valence-corrected chi connectivity index (χ4v) is 8.70. The van der Waals surface area contributed by atoms with E-state index in [2.05, 4.69) is 229 Å². The van der Waals surface area contributed by atoms with Crippen LogP contribution in [0.5, 0.6) is 0 Å². The number of fused-ring (bicyclic) bond motifs is 6. The van der Waals surface area contributed by atoms with Gasteiger partial charge in [-0.15, -0.1) is 0 Å². The van der Waals surface area contributed by atoms with E-state index in [1.165, 1.54) is 49.5 Å². The summed E-state index contributed by atoms with van der Waals surface area (Å²) in [5.41, 5.74) is 14.4. The molecule has 10 aromatic carbocycles. The predicted molar refractivity (Wildman–Crippen MR) is 245 cm³/mol. The van der Waals surface area contributed by atoms with Crippen molar-refractivity contribution in [1.29, 1.82) is 0 Å². The van der Waals surface area contributed by atoms with Gasteiger partial charge in [0.05, 0.1) is 5.69 Å². The highest BCUT2D eigenvalue weighted by molar-refractivity contribution is 6.19. The largest absolute Gasteiger partial charge is 0.455 e. The highest BCUT2D eigenvalue weighted by Gasteiger charge is 2.21. The van der Waals surface area contributed by atoms with E-state index in [4.69, 9.17) is 4.42 Å². The smallest absolute Gasteiger partial charge is 0.143 e. The summed E-state index contributed by atoms with van der Waals surface area (Å²) < 4.78 is 6.68. The van der Waals surface area contributed by atoms with Crippen molar-refractivity contribution in [3.8, 4) is 44.5 Å². The van der Waals surface area contributed by atoms with Gasteiger partial charge in [0.2, 0.25) is 0 Å². The number of anilines is 3. The Balaban J connectivity index is 1.10. The summed E-state index contributed by atoms with van der Waals surface area (Å²) in [6.07, 6.45) is 0. The van der Waals surface area contributed by atoms with Gasteiger partial charge in [-0.05, 0) is 104 Å². The number of nitrogens with zero attached hydrogens (tertiary/aromatic N) is 1. The van der Waals surface area contributed by atoms with Gasteiger partial charge in [-0.2, -0.15) is 0 Å². The molecule has 2 heteroatoms. The Morgan fingerprint density at radius 3 is 1.74 bits per heavy atom. The van der Waals surface area contributed by atoms with Crippen molar-refractivity contribution in [2.75, 3.05) is 4.90 Å². The lowest BCUT2D eigenvalue weighted by Gasteiger charge is -2.28. The summed E-state index contributed by atoms with van der Waals surface area (Å²) in [5.74, 6) is 0. The molecule has 0 bridgehead atoms.